The van der Waals surface area contributed by atoms with Gasteiger partial charge in [0.05, 0.1) is 44.7 Å². The average molecular weight is 1030 g/mol. The molecule has 72 heavy (non-hydrogen) atoms. The van der Waals surface area contributed by atoms with Crippen molar-refractivity contribution in [3.63, 3.8) is 0 Å². The third kappa shape index (κ3) is 14.6. The largest absolute Gasteiger partial charge is 0.490 e. The van der Waals surface area contributed by atoms with Crippen molar-refractivity contribution < 1.29 is 108 Å². The lowest BCUT2D eigenvalue weighted by Crippen LogP contribution is -2.71. The van der Waals surface area contributed by atoms with Crippen LogP contribution in [0.1, 0.15) is 37.6 Å². The van der Waals surface area contributed by atoms with Gasteiger partial charge in [-0.3, -0.25) is 14.4 Å². The van der Waals surface area contributed by atoms with Gasteiger partial charge in [0, 0.05) is 43.8 Å². The number of carbonyl (C=O) groups excluding carboxylic acids is 3. The van der Waals surface area contributed by atoms with Crippen LogP contribution in [-0.4, -0.2) is 220 Å². The summed E-state index contributed by atoms with van der Waals surface area (Å²) in [4.78, 5) is 53.7. The van der Waals surface area contributed by atoms with Gasteiger partial charge in [-0.2, -0.15) is 0 Å². The van der Waals surface area contributed by atoms with Crippen molar-refractivity contribution in [2.75, 3.05) is 52.7 Å². The summed E-state index contributed by atoms with van der Waals surface area (Å²) < 4.78 is 51.5. The zero-order chi connectivity index (χ0) is 52.7. The Hall–Kier alpha value is -5.53. The molecular weight excluding hydrogens is 965 g/mol. The minimum atomic E-state index is -3.15. The summed E-state index contributed by atoms with van der Waals surface area (Å²) >= 11 is 0. The highest BCUT2D eigenvalue weighted by Gasteiger charge is 2.60. The first-order valence-electron chi connectivity index (χ1n) is 22.8. The molecule has 3 amide bonds. The first-order valence-corrected chi connectivity index (χ1v) is 22.8. The highest BCUT2D eigenvalue weighted by molar-refractivity contribution is 5.95. The van der Waals surface area contributed by atoms with E-state index >= 15 is 0 Å². The molecule has 400 valence electrons. The molecule has 5 rings (SSSR count). The fourth-order valence-electron chi connectivity index (χ4n) is 8.13. The average Bonchev–Trinajstić information content (AvgIpc) is 3.35. The van der Waals surface area contributed by atoms with Crippen molar-refractivity contribution in [2.45, 2.75) is 125 Å². The van der Waals surface area contributed by atoms with Crippen LogP contribution in [0.3, 0.4) is 0 Å². The number of nitrogens with zero attached hydrogens (tertiary/aromatic N) is 3. The molecule has 28 heteroatoms. The normalized spacial score (nSPS) is 31.2. The van der Waals surface area contributed by atoms with Crippen LogP contribution in [0.5, 0.6) is 17.2 Å². The van der Waals surface area contributed by atoms with E-state index in [1.807, 2.05) is 18.2 Å². The molecule has 3 aliphatic rings. The summed E-state index contributed by atoms with van der Waals surface area (Å²) in [6.07, 6.45) is -26.2. The highest BCUT2D eigenvalue weighted by Crippen LogP contribution is 2.39. The quantitative estimate of drug-likeness (QED) is 0.0199. The number of benzene rings is 2. The molecule has 3 saturated heterocycles. The zero-order valence-corrected chi connectivity index (χ0v) is 39.3. The molecule has 3 aliphatic heterocycles. The van der Waals surface area contributed by atoms with Gasteiger partial charge < -0.3 is 105 Å². The maximum absolute atomic E-state index is 13.4. The molecule has 2 aromatic rings. The smallest absolute Gasteiger partial charge is 0.364 e. The predicted molar refractivity (Wildman–Crippen MR) is 240 cm³/mol. The maximum Gasteiger partial charge on any atom is 0.364 e. The number of carbonyl (C=O) groups is 4. The molecule has 3 heterocycles. The van der Waals surface area contributed by atoms with E-state index in [1.54, 1.807) is 19.1 Å². The van der Waals surface area contributed by atoms with Gasteiger partial charge in [0.15, 0.2) is 24.1 Å². The molecule has 0 aliphatic carbocycles. The minimum absolute atomic E-state index is 0.0332. The summed E-state index contributed by atoms with van der Waals surface area (Å²) in [5.41, 5.74) is 8.63. The molecule has 2 aromatic carbocycles. The van der Waals surface area contributed by atoms with Crippen LogP contribution in [0.25, 0.3) is 10.4 Å². The van der Waals surface area contributed by atoms with E-state index in [1.165, 1.54) is 18.2 Å². The topological polar surface area (TPSA) is 418 Å². The lowest BCUT2D eigenvalue weighted by atomic mass is 9.88. The summed E-state index contributed by atoms with van der Waals surface area (Å²) in [5, 5.41) is 110. The second-order valence-corrected chi connectivity index (χ2v) is 16.7. The number of hydrogen-bond acceptors (Lipinski definition) is 22. The number of amides is 3. The lowest BCUT2D eigenvalue weighted by molar-refractivity contribution is -0.382. The Morgan fingerprint density at radius 3 is 2.14 bits per heavy atom. The molecule has 0 spiro atoms. The van der Waals surface area contributed by atoms with Gasteiger partial charge in [-0.05, 0) is 42.8 Å². The second-order valence-electron chi connectivity index (χ2n) is 16.7. The number of carboxylic acid groups (broad SMARTS) is 1. The molecule has 28 nitrogen and oxygen atoms in total. The Bertz CT molecular complexity index is 2140. The number of para-hydroxylation sites is 1. The Kier molecular flexibility index (Phi) is 21.5. The van der Waals surface area contributed by atoms with Crippen LogP contribution in [0, 0.1) is 0 Å². The van der Waals surface area contributed by atoms with Crippen LogP contribution in [0.4, 0.5) is 0 Å². The summed E-state index contributed by atoms with van der Waals surface area (Å²) in [6.45, 7) is 1.30. The Morgan fingerprint density at radius 2 is 1.50 bits per heavy atom. The SMILES string of the molecule is CCOc1cc(C(=O)NC[C@@H](O)[C@@H](O)[C@@H]2O[C@@](O[C@H]3[C@@H](O)[C@@H](CO)O[C@@H](O[C@H]4[C@H](O)[C@@H](NC(C)=O)[C@H](OCCN=[N+]=[N-])O[C@@H]4CO)[C@@H]3O)(C(=O)O)C[C@H](O)[C@H]2NC(C)=O)ccc1OCCOc1ccccc1. The third-order valence-electron chi connectivity index (χ3n) is 11.5. The molecule has 12 N–H and O–H groups in total. The molecule has 0 radical (unpaired) electrons. The van der Waals surface area contributed by atoms with Gasteiger partial charge in [-0.25, -0.2) is 4.79 Å². The Labute approximate surface area is 411 Å². The van der Waals surface area contributed by atoms with E-state index in [0.29, 0.717) is 11.5 Å². The third-order valence-corrected chi connectivity index (χ3v) is 11.5. The molecule has 0 unspecified atom stereocenters. The van der Waals surface area contributed by atoms with Crippen molar-refractivity contribution in [3.8, 4) is 17.2 Å². The number of hydrogen-bond donors (Lipinski definition) is 12. The number of ether oxygens (including phenoxy) is 9. The number of aliphatic carboxylic acids is 1. The first kappa shape index (κ1) is 57.4. The fraction of sp³-hybridized carbons (Fsp3) is 0.636. The standard InChI is InChI=1S/C44H62N6O22/c1-4-64-28-16-23(10-11-27(28)66-15-14-65-24-8-6-5-7-9-24)40(61)46-18-26(56)33(57)38-31(48-21(2)53)25(55)17-44(71-38,43(62)63)72-39-34(58)29(19-51)68-42(36(39)60)70-37-30(20-52)69-41(67-13-12-47-50-45)32(35(37)59)49-22(3)54/h5-11,16,25-26,29-39,41-42,51-52,55-60H,4,12-15,17-20H2,1-3H3,(H,46,61)(H,48,53)(H,49,54)(H,62,63)/t25-,26+,29+,30+,31+,32+,33+,34-,35+,36+,37+,38+,39-,41+,42-,44-/m0/s1. The Balaban J connectivity index is 1.32. The number of nitrogens with one attached hydrogen (secondary N) is 3. The van der Waals surface area contributed by atoms with Crippen molar-refractivity contribution in [3.05, 3.63) is 64.5 Å². The molecule has 0 saturated carbocycles. The zero-order valence-electron chi connectivity index (χ0n) is 39.3. The van der Waals surface area contributed by atoms with Crippen molar-refractivity contribution in [2.24, 2.45) is 5.11 Å². The molecule has 0 bridgehead atoms. The molecule has 3 fully saturated rings. The van der Waals surface area contributed by atoms with E-state index in [0.717, 1.165) is 13.8 Å². The Morgan fingerprint density at radius 1 is 0.833 bits per heavy atom. The fourth-order valence-corrected chi connectivity index (χ4v) is 8.13. The first-order chi connectivity index (χ1) is 34.4. The summed E-state index contributed by atoms with van der Waals surface area (Å²) in [7, 11) is 0. The summed E-state index contributed by atoms with van der Waals surface area (Å²) in [5.74, 6) is -6.29. The number of aliphatic hydroxyl groups excluding tert-OH is 8. The summed E-state index contributed by atoms with van der Waals surface area (Å²) in [6, 6.07) is 10.2. The van der Waals surface area contributed by atoms with E-state index in [9.17, 15) is 65.1 Å². The molecule has 0 aromatic heterocycles. The monoisotopic (exact) mass is 1030 g/mol. The van der Waals surface area contributed by atoms with E-state index in [4.69, 9.17) is 48.2 Å². The van der Waals surface area contributed by atoms with Gasteiger partial charge in [-0.15, -0.1) is 0 Å². The van der Waals surface area contributed by atoms with Crippen LogP contribution in [0.2, 0.25) is 0 Å². The number of carboxylic acids is 1. The van der Waals surface area contributed by atoms with Gasteiger partial charge in [0.2, 0.25) is 11.8 Å². The van der Waals surface area contributed by atoms with Crippen LogP contribution in [0.15, 0.2) is 53.6 Å². The number of aliphatic hydroxyl groups is 8. The highest BCUT2D eigenvalue weighted by atomic mass is 16.8. The van der Waals surface area contributed by atoms with Crippen molar-refractivity contribution in [1.82, 2.24) is 16.0 Å². The number of rotatable bonds is 25. The van der Waals surface area contributed by atoms with E-state index in [-0.39, 0.29) is 44.3 Å². The van der Waals surface area contributed by atoms with Crippen molar-refractivity contribution in [1.29, 1.82) is 0 Å². The lowest BCUT2D eigenvalue weighted by Gasteiger charge is -2.51. The predicted octanol–water partition coefficient (Wildman–Crippen LogP) is -3.45. The van der Waals surface area contributed by atoms with Crippen LogP contribution >= 0.6 is 0 Å². The van der Waals surface area contributed by atoms with Crippen molar-refractivity contribution >= 4 is 23.7 Å². The van der Waals surface area contributed by atoms with Gasteiger partial charge in [0.25, 0.3) is 11.7 Å². The van der Waals surface area contributed by atoms with Gasteiger partial charge >= 0.3 is 5.97 Å². The van der Waals surface area contributed by atoms with Gasteiger partial charge in [0.1, 0.15) is 79.9 Å². The second kappa shape index (κ2) is 27.0. The minimum Gasteiger partial charge on any atom is -0.490 e. The van der Waals surface area contributed by atoms with E-state index < -0.39 is 147 Å². The van der Waals surface area contributed by atoms with Crippen LogP contribution in [-0.2, 0) is 42.8 Å². The van der Waals surface area contributed by atoms with Gasteiger partial charge in [-0.1, -0.05) is 23.3 Å². The molecular formula is C44H62N6O22. The molecule has 16 atom stereocenters. The van der Waals surface area contributed by atoms with E-state index in [2.05, 4.69) is 26.0 Å². The van der Waals surface area contributed by atoms with Crippen LogP contribution < -0.4 is 30.2 Å². The maximum atomic E-state index is 13.4. The number of azide groups is 1.